The first-order valence-corrected chi connectivity index (χ1v) is 9.59. The molecular formula is C22H24N2O5. The zero-order valence-electron chi connectivity index (χ0n) is 16.7. The van der Waals surface area contributed by atoms with Crippen LogP contribution in [-0.4, -0.2) is 43.7 Å². The van der Waals surface area contributed by atoms with E-state index in [9.17, 15) is 9.59 Å². The average Bonchev–Trinajstić information content (AvgIpc) is 3.04. The van der Waals surface area contributed by atoms with Crippen LogP contribution in [0, 0.1) is 0 Å². The van der Waals surface area contributed by atoms with Gasteiger partial charge in [-0.25, -0.2) is 0 Å². The van der Waals surface area contributed by atoms with Crippen molar-refractivity contribution in [2.45, 2.75) is 32.0 Å². The third kappa shape index (κ3) is 3.72. The highest BCUT2D eigenvalue weighted by Crippen LogP contribution is 2.42. The lowest BCUT2D eigenvalue weighted by atomic mass is 10.0. The zero-order valence-corrected chi connectivity index (χ0v) is 16.7. The summed E-state index contributed by atoms with van der Waals surface area (Å²) >= 11 is 0. The Bertz CT molecular complexity index is 956. The van der Waals surface area contributed by atoms with Gasteiger partial charge < -0.3 is 24.4 Å². The van der Waals surface area contributed by atoms with E-state index in [0.29, 0.717) is 22.9 Å². The van der Waals surface area contributed by atoms with Crippen molar-refractivity contribution in [3.63, 3.8) is 0 Å². The molecule has 0 spiro atoms. The van der Waals surface area contributed by atoms with Gasteiger partial charge in [0.15, 0.2) is 24.2 Å². The van der Waals surface area contributed by atoms with Gasteiger partial charge in [0.1, 0.15) is 11.4 Å². The van der Waals surface area contributed by atoms with Crippen LogP contribution in [0.1, 0.15) is 19.4 Å². The minimum absolute atomic E-state index is 0.120. The van der Waals surface area contributed by atoms with Crippen molar-refractivity contribution < 1.29 is 23.8 Å². The molecule has 7 heteroatoms. The smallest absolute Gasteiger partial charge is 0.265 e. The van der Waals surface area contributed by atoms with Gasteiger partial charge in [-0.3, -0.25) is 9.59 Å². The number of likely N-dealkylation sites (N-methyl/N-ethyl adjacent to an activating group) is 1. The monoisotopic (exact) mass is 396 g/mol. The van der Waals surface area contributed by atoms with Gasteiger partial charge in [0.2, 0.25) is 0 Å². The van der Waals surface area contributed by atoms with Crippen LogP contribution < -0.4 is 24.4 Å². The summed E-state index contributed by atoms with van der Waals surface area (Å²) in [6, 6.07) is 12.9. The number of nitrogens with one attached hydrogen (secondary N) is 1. The molecule has 2 aromatic carbocycles. The summed E-state index contributed by atoms with van der Waals surface area (Å²) in [5.74, 6) is 1.19. The van der Waals surface area contributed by atoms with Crippen LogP contribution in [0.15, 0.2) is 42.5 Å². The summed E-state index contributed by atoms with van der Waals surface area (Å²) in [4.78, 5) is 26.6. The predicted octanol–water partition coefficient (Wildman–Crippen LogP) is 2.32. The lowest BCUT2D eigenvalue weighted by Crippen LogP contribution is -2.51. The number of hydrogen-bond donors (Lipinski definition) is 1. The third-order valence-electron chi connectivity index (χ3n) is 5.02. The molecule has 152 valence electrons. The molecule has 2 aliphatic rings. The number of anilines is 1. The van der Waals surface area contributed by atoms with E-state index in [-0.39, 0.29) is 30.6 Å². The number of amides is 2. The summed E-state index contributed by atoms with van der Waals surface area (Å²) in [6.07, 6.45) is 0.0157. The highest BCUT2D eigenvalue weighted by atomic mass is 16.5. The highest BCUT2D eigenvalue weighted by molar-refractivity contribution is 5.98. The number of fused-ring (bicyclic) bond motifs is 2. The van der Waals surface area contributed by atoms with Crippen molar-refractivity contribution in [2.75, 3.05) is 25.1 Å². The summed E-state index contributed by atoms with van der Waals surface area (Å²) < 4.78 is 17.6. The molecule has 2 heterocycles. The number of rotatable bonds is 4. The van der Waals surface area contributed by atoms with Gasteiger partial charge in [-0.05, 0) is 32.0 Å². The molecule has 0 unspecified atom stereocenters. The minimum atomic E-state index is -0.774. The Labute approximate surface area is 169 Å². The fraction of sp³-hybridized carbons (Fsp3) is 0.364. The number of carbonyl (C=O) groups excluding carboxylic acids is 2. The summed E-state index contributed by atoms with van der Waals surface area (Å²) in [5.41, 5.74) is 1.39. The van der Waals surface area contributed by atoms with Gasteiger partial charge in [-0.2, -0.15) is 0 Å². The molecule has 0 saturated heterocycles. The minimum Gasteiger partial charge on any atom is -0.483 e. The van der Waals surface area contributed by atoms with Crippen molar-refractivity contribution in [3.8, 4) is 17.2 Å². The van der Waals surface area contributed by atoms with Gasteiger partial charge >= 0.3 is 0 Å². The number of carbonyl (C=O) groups is 2. The fourth-order valence-corrected chi connectivity index (χ4v) is 3.69. The van der Waals surface area contributed by atoms with Gasteiger partial charge in [-0.1, -0.05) is 24.3 Å². The van der Waals surface area contributed by atoms with Gasteiger partial charge in [-0.15, -0.1) is 0 Å². The first-order valence-electron chi connectivity index (χ1n) is 9.59. The average molecular weight is 396 g/mol. The molecule has 1 atom stereocenters. The number of benzene rings is 2. The first kappa shape index (κ1) is 19.1. The van der Waals surface area contributed by atoms with E-state index in [0.717, 1.165) is 12.0 Å². The van der Waals surface area contributed by atoms with Crippen molar-refractivity contribution in [1.29, 1.82) is 0 Å². The van der Waals surface area contributed by atoms with E-state index < -0.39 is 6.10 Å². The molecule has 2 aromatic rings. The molecule has 1 N–H and O–H groups in total. The van der Waals surface area contributed by atoms with Gasteiger partial charge in [0.05, 0.1) is 12.2 Å². The van der Waals surface area contributed by atoms with E-state index >= 15 is 0 Å². The number of para-hydroxylation sites is 3. The zero-order chi connectivity index (χ0) is 20.6. The molecule has 0 aliphatic carbocycles. The molecule has 0 aromatic heterocycles. The van der Waals surface area contributed by atoms with Crippen molar-refractivity contribution in [2.24, 2.45) is 0 Å². The molecular weight excluding hydrogens is 372 g/mol. The molecule has 2 aliphatic heterocycles. The summed E-state index contributed by atoms with van der Waals surface area (Å²) in [6.45, 7) is 3.99. The van der Waals surface area contributed by atoms with Gasteiger partial charge in [0.25, 0.3) is 11.8 Å². The Morgan fingerprint density at radius 1 is 1.21 bits per heavy atom. The molecule has 29 heavy (non-hydrogen) atoms. The molecule has 0 bridgehead atoms. The van der Waals surface area contributed by atoms with Crippen LogP contribution >= 0.6 is 0 Å². The maximum atomic E-state index is 13.0. The lowest BCUT2D eigenvalue weighted by molar-refractivity contribution is -0.128. The Kier molecular flexibility index (Phi) is 4.82. The van der Waals surface area contributed by atoms with Crippen LogP contribution in [0.25, 0.3) is 0 Å². The van der Waals surface area contributed by atoms with Crippen LogP contribution in [0.5, 0.6) is 17.2 Å². The third-order valence-corrected chi connectivity index (χ3v) is 5.02. The molecule has 4 rings (SSSR count). The van der Waals surface area contributed by atoms with E-state index in [2.05, 4.69) is 5.32 Å². The Balaban J connectivity index is 1.52. The van der Waals surface area contributed by atoms with Crippen LogP contribution in [-0.2, 0) is 16.0 Å². The molecule has 0 radical (unpaired) electrons. The van der Waals surface area contributed by atoms with Crippen LogP contribution in [0.3, 0.4) is 0 Å². The Morgan fingerprint density at radius 3 is 2.79 bits per heavy atom. The predicted molar refractivity (Wildman–Crippen MR) is 108 cm³/mol. The van der Waals surface area contributed by atoms with Crippen LogP contribution in [0.4, 0.5) is 5.69 Å². The van der Waals surface area contributed by atoms with E-state index in [1.165, 1.54) is 4.90 Å². The first-order chi connectivity index (χ1) is 13.9. The highest BCUT2D eigenvalue weighted by Gasteiger charge is 2.35. The summed E-state index contributed by atoms with van der Waals surface area (Å²) in [7, 11) is 1.54. The maximum Gasteiger partial charge on any atom is 0.265 e. The quantitative estimate of drug-likeness (QED) is 0.858. The second kappa shape index (κ2) is 7.31. The Hall–Kier alpha value is -3.22. The molecule has 0 fully saturated rings. The second-order valence-electron chi connectivity index (χ2n) is 7.76. The SMILES string of the molecule is CNC(=O)[C@H]1CN(C(=O)COc2cccc3c2OC(C)(C)C3)c2ccccc2O1. The lowest BCUT2D eigenvalue weighted by Gasteiger charge is -2.34. The van der Waals surface area contributed by atoms with E-state index in [1.54, 1.807) is 31.3 Å². The van der Waals surface area contributed by atoms with Gasteiger partial charge in [0, 0.05) is 19.0 Å². The normalized spacial score (nSPS) is 18.7. The second-order valence-corrected chi connectivity index (χ2v) is 7.76. The van der Waals surface area contributed by atoms with Crippen molar-refractivity contribution >= 4 is 17.5 Å². The number of ether oxygens (including phenoxy) is 3. The van der Waals surface area contributed by atoms with Crippen molar-refractivity contribution in [1.82, 2.24) is 5.32 Å². The number of hydrogen-bond acceptors (Lipinski definition) is 5. The maximum absolute atomic E-state index is 13.0. The van der Waals surface area contributed by atoms with Crippen LogP contribution in [0.2, 0.25) is 0 Å². The van der Waals surface area contributed by atoms with E-state index in [1.807, 2.05) is 32.0 Å². The molecule has 7 nitrogen and oxygen atoms in total. The summed E-state index contributed by atoms with van der Waals surface area (Å²) in [5, 5.41) is 2.57. The Morgan fingerprint density at radius 2 is 2.00 bits per heavy atom. The van der Waals surface area contributed by atoms with Crippen molar-refractivity contribution in [3.05, 3.63) is 48.0 Å². The number of nitrogens with zero attached hydrogens (tertiary/aromatic N) is 1. The fourth-order valence-electron chi connectivity index (χ4n) is 3.69. The standard InChI is InChI=1S/C22H24N2O5/c1-22(2)11-14-7-6-10-17(20(14)29-22)27-13-19(25)24-12-18(21(26)23-3)28-16-9-5-4-8-15(16)24/h4-10,18H,11-13H2,1-3H3,(H,23,26)/t18-/m1/s1. The largest absolute Gasteiger partial charge is 0.483 e. The molecule has 2 amide bonds. The topological polar surface area (TPSA) is 77.1 Å². The van der Waals surface area contributed by atoms with E-state index in [4.69, 9.17) is 14.2 Å². The molecule has 0 saturated carbocycles.